The Morgan fingerprint density at radius 1 is 1.00 bits per heavy atom. The van der Waals surface area contributed by atoms with Crippen LogP contribution in [-0.4, -0.2) is 44.3 Å². The van der Waals surface area contributed by atoms with E-state index in [2.05, 4.69) is 23.1 Å². The van der Waals surface area contributed by atoms with Crippen LogP contribution in [0.3, 0.4) is 0 Å². The zero-order valence-corrected chi connectivity index (χ0v) is 17.5. The molecule has 2 aromatic carbocycles. The highest BCUT2D eigenvalue weighted by atomic mass is 32.2. The van der Waals surface area contributed by atoms with Crippen LogP contribution in [0.25, 0.3) is 0 Å². The van der Waals surface area contributed by atoms with Crippen LogP contribution in [0.4, 0.5) is 0 Å². The molecule has 0 amide bonds. The average Bonchev–Trinajstić information content (AvgIpc) is 3.06. The third-order valence-electron chi connectivity index (χ3n) is 6.26. The molecule has 0 fully saturated rings. The summed E-state index contributed by atoms with van der Waals surface area (Å²) in [6.07, 6.45) is 6.75. The summed E-state index contributed by atoms with van der Waals surface area (Å²) >= 11 is 0. The van der Waals surface area contributed by atoms with Crippen LogP contribution in [0, 0.1) is 0 Å². The van der Waals surface area contributed by atoms with Gasteiger partial charge in [-0.3, -0.25) is 4.90 Å². The molecule has 0 aromatic heterocycles. The summed E-state index contributed by atoms with van der Waals surface area (Å²) < 4.78 is 26.8. The Labute approximate surface area is 169 Å². The fourth-order valence-corrected chi connectivity index (χ4v) is 6.00. The molecule has 150 valence electrons. The number of hydrogen-bond acceptors (Lipinski definition) is 3. The number of rotatable bonds is 7. The van der Waals surface area contributed by atoms with E-state index < -0.39 is 10.0 Å². The van der Waals surface area contributed by atoms with Gasteiger partial charge in [0.15, 0.2) is 0 Å². The van der Waals surface area contributed by atoms with Crippen molar-refractivity contribution >= 4 is 10.0 Å². The minimum absolute atomic E-state index is 0.375. The van der Waals surface area contributed by atoms with Crippen LogP contribution in [0.1, 0.15) is 48.4 Å². The summed E-state index contributed by atoms with van der Waals surface area (Å²) in [5.74, 6) is 0. The van der Waals surface area contributed by atoms with Crippen LogP contribution in [0.15, 0.2) is 53.4 Å². The lowest BCUT2D eigenvalue weighted by molar-refractivity contribution is 0.195. The fourth-order valence-electron chi connectivity index (χ4n) is 4.77. The largest absolute Gasteiger partial charge is 0.296 e. The number of sulfonamides is 1. The smallest absolute Gasteiger partial charge is 0.242 e. The van der Waals surface area contributed by atoms with Gasteiger partial charge >= 0.3 is 0 Å². The maximum Gasteiger partial charge on any atom is 0.242 e. The highest BCUT2D eigenvalue weighted by Crippen LogP contribution is 2.40. The number of nitrogens with zero attached hydrogens (tertiary/aromatic N) is 2. The normalized spacial score (nSPS) is 19.6. The Hall–Kier alpha value is -1.69. The molecule has 0 bridgehead atoms. The zero-order chi connectivity index (χ0) is 19.6. The minimum atomic E-state index is -3.38. The van der Waals surface area contributed by atoms with Gasteiger partial charge in [0.1, 0.15) is 0 Å². The standard InChI is InChI=1S/C23H30N2O2S/c1-24(28(26,27)21-12-3-2-4-13-21)16-5-6-17-25-18-8-11-19-9-7-10-20-14-15-22(25)23(19)20/h2-4,7,9-10,12-13,22H,5-6,8,11,14-18H2,1H3. The first kappa shape index (κ1) is 19.6. The maximum absolute atomic E-state index is 12.6. The van der Waals surface area contributed by atoms with Gasteiger partial charge in [-0.15, -0.1) is 0 Å². The molecule has 0 spiro atoms. The maximum atomic E-state index is 12.6. The predicted molar refractivity (Wildman–Crippen MR) is 113 cm³/mol. The molecule has 1 aliphatic heterocycles. The van der Waals surface area contributed by atoms with Crippen molar-refractivity contribution in [1.29, 1.82) is 0 Å². The third kappa shape index (κ3) is 3.88. The summed E-state index contributed by atoms with van der Waals surface area (Å²) in [6.45, 7) is 2.77. The molecule has 0 saturated heterocycles. The first-order valence-corrected chi connectivity index (χ1v) is 11.9. The van der Waals surface area contributed by atoms with Crippen molar-refractivity contribution in [3.63, 3.8) is 0 Å². The summed E-state index contributed by atoms with van der Waals surface area (Å²) in [5, 5.41) is 0. The van der Waals surface area contributed by atoms with Crippen molar-refractivity contribution in [3.05, 3.63) is 65.2 Å². The van der Waals surface area contributed by atoms with Crippen LogP contribution in [0.2, 0.25) is 0 Å². The quantitative estimate of drug-likeness (QED) is 0.662. The molecule has 0 N–H and O–H groups in total. The second-order valence-electron chi connectivity index (χ2n) is 8.03. The third-order valence-corrected chi connectivity index (χ3v) is 8.13. The lowest BCUT2D eigenvalue weighted by Gasteiger charge is -2.28. The summed E-state index contributed by atoms with van der Waals surface area (Å²) in [6, 6.07) is 16.1. The Bertz CT molecular complexity index is 911. The Morgan fingerprint density at radius 2 is 1.75 bits per heavy atom. The molecule has 28 heavy (non-hydrogen) atoms. The first-order chi connectivity index (χ1) is 13.6. The van der Waals surface area contributed by atoms with Crippen molar-refractivity contribution in [1.82, 2.24) is 9.21 Å². The number of aryl methyl sites for hydroxylation is 2. The second kappa shape index (κ2) is 8.36. The van der Waals surface area contributed by atoms with Gasteiger partial charge in [-0.25, -0.2) is 12.7 Å². The molecule has 1 atom stereocenters. The summed E-state index contributed by atoms with van der Waals surface area (Å²) in [7, 11) is -1.69. The molecule has 1 unspecified atom stereocenters. The molecule has 2 aromatic rings. The van der Waals surface area contributed by atoms with Crippen LogP contribution in [-0.2, 0) is 22.9 Å². The van der Waals surface area contributed by atoms with E-state index >= 15 is 0 Å². The van der Waals surface area contributed by atoms with Crippen molar-refractivity contribution in [2.45, 2.75) is 49.5 Å². The Balaban J connectivity index is 1.32. The SMILES string of the molecule is CN(CCCCN1CCCc2cccc3c2C1CC3)S(=O)(=O)c1ccccc1. The van der Waals surface area contributed by atoms with E-state index in [-0.39, 0.29) is 0 Å². The van der Waals surface area contributed by atoms with Gasteiger partial charge in [0.05, 0.1) is 4.90 Å². The van der Waals surface area contributed by atoms with E-state index in [1.807, 2.05) is 6.07 Å². The van der Waals surface area contributed by atoms with Crippen LogP contribution >= 0.6 is 0 Å². The molecule has 0 radical (unpaired) electrons. The predicted octanol–water partition coefficient (Wildman–Crippen LogP) is 4.02. The van der Waals surface area contributed by atoms with Gasteiger partial charge in [-0.1, -0.05) is 36.4 Å². The van der Waals surface area contributed by atoms with E-state index in [0.717, 1.165) is 25.9 Å². The van der Waals surface area contributed by atoms with Gasteiger partial charge in [-0.05, 0) is 80.4 Å². The number of unbranched alkanes of at least 4 members (excludes halogenated alkanes) is 1. The van der Waals surface area contributed by atoms with Crippen molar-refractivity contribution in [2.24, 2.45) is 0 Å². The van der Waals surface area contributed by atoms with Crippen LogP contribution < -0.4 is 0 Å². The van der Waals surface area contributed by atoms with Gasteiger partial charge in [0.25, 0.3) is 0 Å². The van der Waals surface area contributed by atoms with Gasteiger partial charge in [0.2, 0.25) is 10.0 Å². The molecule has 2 aliphatic rings. The summed E-state index contributed by atoms with van der Waals surface area (Å²) in [4.78, 5) is 3.02. The van der Waals surface area contributed by atoms with E-state index in [0.29, 0.717) is 17.5 Å². The highest BCUT2D eigenvalue weighted by Gasteiger charge is 2.31. The van der Waals surface area contributed by atoms with Crippen LogP contribution in [0.5, 0.6) is 0 Å². The minimum Gasteiger partial charge on any atom is -0.296 e. The monoisotopic (exact) mass is 398 g/mol. The van der Waals surface area contributed by atoms with Crippen molar-refractivity contribution < 1.29 is 8.42 Å². The van der Waals surface area contributed by atoms with E-state index in [4.69, 9.17) is 0 Å². The number of hydrogen-bond donors (Lipinski definition) is 0. The molecular formula is C23H30N2O2S. The lowest BCUT2D eigenvalue weighted by Crippen LogP contribution is -2.31. The first-order valence-electron chi connectivity index (χ1n) is 10.4. The van der Waals surface area contributed by atoms with Crippen molar-refractivity contribution in [2.75, 3.05) is 26.7 Å². The summed E-state index contributed by atoms with van der Waals surface area (Å²) in [5.41, 5.74) is 4.70. The van der Waals surface area contributed by atoms with E-state index in [1.54, 1.807) is 48.0 Å². The lowest BCUT2D eigenvalue weighted by atomic mass is 9.99. The Kier molecular flexibility index (Phi) is 5.85. The molecular weight excluding hydrogens is 368 g/mol. The van der Waals surface area contributed by atoms with Gasteiger partial charge in [0, 0.05) is 19.6 Å². The molecule has 5 heteroatoms. The van der Waals surface area contributed by atoms with Gasteiger partial charge < -0.3 is 0 Å². The molecule has 1 aliphatic carbocycles. The molecule has 0 saturated carbocycles. The second-order valence-corrected chi connectivity index (χ2v) is 10.1. The topological polar surface area (TPSA) is 40.6 Å². The fraction of sp³-hybridized carbons (Fsp3) is 0.478. The molecule has 1 heterocycles. The highest BCUT2D eigenvalue weighted by molar-refractivity contribution is 7.89. The molecule has 4 nitrogen and oxygen atoms in total. The van der Waals surface area contributed by atoms with Gasteiger partial charge in [-0.2, -0.15) is 0 Å². The zero-order valence-electron chi connectivity index (χ0n) is 16.7. The molecule has 4 rings (SSSR count). The Morgan fingerprint density at radius 3 is 2.54 bits per heavy atom. The van der Waals surface area contributed by atoms with E-state index in [1.165, 1.54) is 30.0 Å². The number of benzene rings is 2. The average molecular weight is 399 g/mol. The van der Waals surface area contributed by atoms with Crippen molar-refractivity contribution in [3.8, 4) is 0 Å². The van der Waals surface area contributed by atoms with E-state index in [9.17, 15) is 8.42 Å².